The summed E-state index contributed by atoms with van der Waals surface area (Å²) in [4.78, 5) is 25.8. The Hall–Kier alpha value is -1.52. The second-order valence-electron chi connectivity index (χ2n) is 5.90. The molecule has 0 spiro atoms. The molecule has 18 heavy (non-hydrogen) atoms. The van der Waals surface area contributed by atoms with Crippen molar-refractivity contribution in [3.63, 3.8) is 0 Å². The molecule has 1 aromatic heterocycles. The molecule has 0 amide bonds. The molecule has 0 aromatic carbocycles. The van der Waals surface area contributed by atoms with Crippen LogP contribution in [0.1, 0.15) is 51.5 Å². The molecule has 0 unspecified atom stereocenters. The molecule has 1 aromatic rings. The Morgan fingerprint density at radius 3 is 2.44 bits per heavy atom. The van der Waals surface area contributed by atoms with Crippen LogP contribution in [-0.2, 0) is 6.54 Å². The lowest BCUT2D eigenvalue weighted by Crippen LogP contribution is -2.39. The average molecular weight is 252 g/mol. The summed E-state index contributed by atoms with van der Waals surface area (Å²) in [5.41, 5.74) is -0.650. The number of hydrogen-bond donors (Lipinski definition) is 2. The van der Waals surface area contributed by atoms with Gasteiger partial charge < -0.3 is 5.11 Å². The Morgan fingerprint density at radius 2 is 2.00 bits per heavy atom. The molecule has 2 rings (SSSR count). The van der Waals surface area contributed by atoms with Gasteiger partial charge in [0, 0.05) is 6.54 Å². The fraction of sp³-hybridized carbons (Fsp3) is 0.692. The van der Waals surface area contributed by atoms with E-state index in [1.807, 2.05) is 13.8 Å². The minimum Gasteiger partial charge on any atom is -0.494 e. The number of aromatic nitrogens is 2. The third-order valence-electron chi connectivity index (χ3n) is 3.88. The molecule has 1 aliphatic rings. The van der Waals surface area contributed by atoms with E-state index in [0.717, 1.165) is 19.3 Å². The first-order valence-corrected chi connectivity index (χ1v) is 6.40. The molecule has 0 aliphatic heterocycles. The maximum absolute atomic E-state index is 11.8. The summed E-state index contributed by atoms with van der Waals surface area (Å²) in [5.74, 6) is -0.290. The van der Waals surface area contributed by atoms with Crippen LogP contribution in [0.5, 0.6) is 5.88 Å². The van der Waals surface area contributed by atoms with Crippen molar-refractivity contribution in [3.8, 4) is 5.88 Å². The van der Waals surface area contributed by atoms with Gasteiger partial charge in [-0.1, -0.05) is 27.2 Å². The Kier molecular flexibility index (Phi) is 3.09. The first-order valence-electron chi connectivity index (χ1n) is 6.40. The van der Waals surface area contributed by atoms with E-state index in [-0.39, 0.29) is 22.8 Å². The van der Waals surface area contributed by atoms with Crippen LogP contribution in [0.25, 0.3) is 0 Å². The second-order valence-corrected chi connectivity index (χ2v) is 5.90. The summed E-state index contributed by atoms with van der Waals surface area (Å²) in [6.07, 6.45) is 3.26. The zero-order valence-corrected chi connectivity index (χ0v) is 11.1. The Bertz CT molecular complexity index is 565. The average Bonchev–Trinajstić information content (AvgIpc) is 2.20. The first-order chi connectivity index (χ1) is 8.34. The Labute approximate surface area is 105 Å². The number of nitrogens with one attached hydrogen (secondary N) is 1. The fourth-order valence-corrected chi connectivity index (χ4v) is 2.56. The van der Waals surface area contributed by atoms with Crippen molar-refractivity contribution in [2.75, 3.05) is 0 Å². The summed E-state index contributed by atoms with van der Waals surface area (Å²) in [6.45, 7) is 6.21. The van der Waals surface area contributed by atoms with Crippen LogP contribution in [0, 0.1) is 5.41 Å². The highest BCUT2D eigenvalue weighted by atomic mass is 16.3. The lowest BCUT2D eigenvalue weighted by atomic mass is 9.70. The van der Waals surface area contributed by atoms with Crippen molar-refractivity contribution in [2.45, 2.75) is 52.5 Å². The van der Waals surface area contributed by atoms with E-state index >= 15 is 0 Å². The molecule has 1 heterocycles. The summed E-state index contributed by atoms with van der Waals surface area (Å²) in [5, 5.41) is 10.1. The van der Waals surface area contributed by atoms with E-state index < -0.39 is 11.2 Å². The molecule has 5 heteroatoms. The third kappa shape index (κ3) is 2.09. The van der Waals surface area contributed by atoms with Crippen LogP contribution in [0.3, 0.4) is 0 Å². The molecular formula is C13H20N2O3. The second kappa shape index (κ2) is 4.30. The maximum atomic E-state index is 11.8. The number of nitrogens with zero attached hydrogens (tertiary/aromatic N) is 1. The van der Waals surface area contributed by atoms with Crippen molar-refractivity contribution >= 4 is 0 Å². The fourth-order valence-electron chi connectivity index (χ4n) is 2.56. The number of aromatic amines is 1. The van der Waals surface area contributed by atoms with Crippen LogP contribution in [0.15, 0.2) is 9.59 Å². The van der Waals surface area contributed by atoms with Crippen LogP contribution in [-0.4, -0.2) is 14.7 Å². The molecule has 1 saturated carbocycles. The smallest absolute Gasteiger partial charge is 0.331 e. The normalized spacial score (nSPS) is 17.8. The van der Waals surface area contributed by atoms with Gasteiger partial charge in [-0.15, -0.1) is 0 Å². The van der Waals surface area contributed by atoms with Gasteiger partial charge >= 0.3 is 5.69 Å². The number of rotatable bonds is 3. The van der Waals surface area contributed by atoms with Gasteiger partial charge in [0.25, 0.3) is 5.56 Å². The molecule has 1 fully saturated rings. The van der Waals surface area contributed by atoms with Gasteiger partial charge in [-0.2, -0.15) is 0 Å². The van der Waals surface area contributed by atoms with Gasteiger partial charge in [0.1, 0.15) is 0 Å². The summed E-state index contributed by atoms with van der Waals surface area (Å²) in [6, 6.07) is 0. The van der Waals surface area contributed by atoms with Gasteiger partial charge in [-0.05, 0) is 24.2 Å². The zero-order chi connectivity index (χ0) is 13.5. The SMILES string of the molecule is CC(C)c1c(O)n(CC2(C)CCC2)c(=O)[nH]c1=O. The minimum atomic E-state index is -0.518. The van der Waals surface area contributed by atoms with Crippen molar-refractivity contribution in [1.29, 1.82) is 0 Å². The van der Waals surface area contributed by atoms with Crippen LogP contribution >= 0.6 is 0 Å². The highest BCUT2D eigenvalue weighted by molar-refractivity contribution is 5.26. The molecule has 0 saturated heterocycles. The lowest BCUT2D eigenvalue weighted by Gasteiger charge is -2.38. The number of hydrogen-bond acceptors (Lipinski definition) is 3. The topological polar surface area (TPSA) is 75.1 Å². The van der Waals surface area contributed by atoms with E-state index in [0.29, 0.717) is 6.54 Å². The first kappa shape index (κ1) is 12.9. The molecule has 5 nitrogen and oxygen atoms in total. The highest BCUT2D eigenvalue weighted by Crippen LogP contribution is 2.42. The van der Waals surface area contributed by atoms with Gasteiger partial charge in [-0.25, -0.2) is 4.79 Å². The predicted molar refractivity (Wildman–Crippen MR) is 69.0 cm³/mol. The largest absolute Gasteiger partial charge is 0.494 e. The Morgan fingerprint density at radius 1 is 1.39 bits per heavy atom. The quantitative estimate of drug-likeness (QED) is 0.857. The highest BCUT2D eigenvalue weighted by Gasteiger charge is 2.33. The van der Waals surface area contributed by atoms with Gasteiger partial charge in [0.2, 0.25) is 5.88 Å². The van der Waals surface area contributed by atoms with E-state index in [9.17, 15) is 14.7 Å². The van der Waals surface area contributed by atoms with Crippen LogP contribution in [0.4, 0.5) is 0 Å². The Balaban J connectivity index is 2.50. The maximum Gasteiger partial charge on any atom is 0.331 e. The van der Waals surface area contributed by atoms with E-state index in [4.69, 9.17) is 0 Å². The summed E-state index contributed by atoms with van der Waals surface area (Å²) < 4.78 is 1.30. The van der Waals surface area contributed by atoms with Gasteiger partial charge in [0.15, 0.2) is 0 Å². The van der Waals surface area contributed by atoms with Crippen LogP contribution in [0.2, 0.25) is 0 Å². The molecular weight excluding hydrogens is 232 g/mol. The van der Waals surface area contributed by atoms with Gasteiger partial charge in [-0.3, -0.25) is 14.3 Å². The number of H-pyrrole nitrogens is 1. The molecule has 0 radical (unpaired) electrons. The molecule has 0 atom stereocenters. The van der Waals surface area contributed by atoms with Crippen molar-refractivity contribution in [3.05, 3.63) is 26.4 Å². The summed E-state index contributed by atoms with van der Waals surface area (Å²) in [7, 11) is 0. The van der Waals surface area contributed by atoms with Crippen molar-refractivity contribution < 1.29 is 5.11 Å². The predicted octanol–water partition coefficient (Wildman–Crippen LogP) is 1.56. The lowest BCUT2D eigenvalue weighted by molar-refractivity contribution is 0.124. The standard InChI is InChI=1S/C13H20N2O3/c1-8(2)9-10(16)14-12(18)15(11(9)17)7-13(3)5-4-6-13/h8,17H,4-7H2,1-3H3,(H,14,16,18). The van der Waals surface area contributed by atoms with E-state index in [1.54, 1.807) is 0 Å². The van der Waals surface area contributed by atoms with Crippen molar-refractivity contribution in [2.24, 2.45) is 5.41 Å². The minimum absolute atomic E-state index is 0.0633. The summed E-state index contributed by atoms with van der Waals surface area (Å²) >= 11 is 0. The monoisotopic (exact) mass is 252 g/mol. The number of aromatic hydroxyl groups is 1. The molecule has 2 N–H and O–H groups in total. The molecule has 0 bridgehead atoms. The van der Waals surface area contributed by atoms with E-state index in [2.05, 4.69) is 11.9 Å². The molecule has 100 valence electrons. The molecule has 1 aliphatic carbocycles. The third-order valence-corrected chi connectivity index (χ3v) is 3.88. The zero-order valence-electron chi connectivity index (χ0n) is 11.1. The van der Waals surface area contributed by atoms with Gasteiger partial charge in [0.05, 0.1) is 5.56 Å². The van der Waals surface area contributed by atoms with Crippen molar-refractivity contribution in [1.82, 2.24) is 9.55 Å². The van der Waals surface area contributed by atoms with Crippen LogP contribution < -0.4 is 11.2 Å². The van der Waals surface area contributed by atoms with E-state index in [1.165, 1.54) is 4.57 Å².